The van der Waals surface area contributed by atoms with E-state index in [1.54, 1.807) is 13.1 Å². The molecule has 0 bridgehead atoms. The monoisotopic (exact) mass is 357 g/mol. The van der Waals surface area contributed by atoms with Crippen molar-refractivity contribution in [3.63, 3.8) is 0 Å². The Hall–Kier alpha value is -2.83. The van der Waals surface area contributed by atoms with Gasteiger partial charge in [-0.15, -0.1) is 0 Å². The van der Waals surface area contributed by atoms with E-state index in [0.717, 1.165) is 34.3 Å². The molecule has 3 rings (SSSR count). The molecule has 138 valence electrons. The van der Waals surface area contributed by atoms with Gasteiger partial charge in [0.25, 0.3) is 0 Å². The summed E-state index contributed by atoms with van der Waals surface area (Å²) in [5.41, 5.74) is 2.90. The smallest absolute Gasteiger partial charge is 0.191 e. The van der Waals surface area contributed by atoms with Crippen molar-refractivity contribution in [1.29, 1.82) is 0 Å². The third-order valence-electron chi connectivity index (χ3n) is 4.24. The minimum absolute atomic E-state index is 0.235. The van der Waals surface area contributed by atoms with Gasteiger partial charge in [-0.05, 0) is 36.1 Å². The number of aromatic nitrogens is 2. The van der Waals surface area contributed by atoms with Crippen molar-refractivity contribution in [3.8, 4) is 0 Å². The van der Waals surface area contributed by atoms with Crippen LogP contribution in [-0.4, -0.2) is 29.7 Å². The lowest BCUT2D eigenvalue weighted by Crippen LogP contribution is -2.37. The number of rotatable bonds is 6. The zero-order valence-electron chi connectivity index (χ0n) is 15.3. The molecule has 0 aliphatic rings. The van der Waals surface area contributed by atoms with Crippen LogP contribution in [0.1, 0.15) is 36.8 Å². The summed E-state index contributed by atoms with van der Waals surface area (Å²) in [6.45, 7) is 5.38. The van der Waals surface area contributed by atoms with Crippen LogP contribution in [0.15, 0.2) is 40.0 Å². The molecule has 26 heavy (non-hydrogen) atoms. The summed E-state index contributed by atoms with van der Waals surface area (Å²) >= 11 is 0. The molecule has 3 N–H and O–H groups in total. The average molecular weight is 357 g/mol. The zero-order chi connectivity index (χ0) is 18.5. The molecule has 0 saturated heterocycles. The number of guanidine groups is 1. The first-order valence-electron chi connectivity index (χ1n) is 8.72. The first-order chi connectivity index (χ1) is 12.6. The summed E-state index contributed by atoms with van der Waals surface area (Å²) in [5, 5.41) is 11.6. The van der Waals surface area contributed by atoms with Crippen LogP contribution in [0, 0.1) is 5.82 Å². The SMILES string of the molecule is CN=C(NCCc1c[nH]c2cc(F)ccc12)NCc1cc(C(C)C)no1. The molecule has 0 amide bonds. The van der Waals surface area contributed by atoms with E-state index in [1.807, 2.05) is 12.3 Å². The van der Waals surface area contributed by atoms with Crippen molar-refractivity contribution in [2.75, 3.05) is 13.6 Å². The Labute approximate surface area is 151 Å². The van der Waals surface area contributed by atoms with Crippen molar-refractivity contribution in [2.24, 2.45) is 4.99 Å². The molecular formula is C19H24FN5O. The number of halogens is 1. The summed E-state index contributed by atoms with van der Waals surface area (Å²) in [6.07, 6.45) is 2.72. The van der Waals surface area contributed by atoms with E-state index >= 15 is 0 Å². The van der Waals surface area contributed by atoms with Crippen molar-refractivity contribution >= 4 is 16.9 Å². The highest BCUT2D eigenvalue weighted by Gasteiger charge is 2.09. The minimum Gasteiger partial charge on any atom is -0.361 e. The highest BCUT2D eigenvalue weighted by molar-refractivity contribution is 5.83. The second kappa shape index (κ2) is 8.03. The highest BCUT2D eigenvalue weighted by atomic mass is 19.1. The Morgan fingerprint density at radius 1 is 1.31 bits per heavy atom. The second-order valence-electron chi connectivity index (χ2n) is 6.48. The van der Waals surface area contributed by atoms with Gasteiger partial charge >= 0.3 is 0 Å². The molecule has 0 atom stereocenters. The van der Waals surface area contributed by atoms with Crippen molar-refractivity contribution in [2.45, 2.75) is 32.7 Å². The van der Waals surface area contributed by atoms with Crippen LogP contribution in [0.2, 0.25) is 0 Å². The zero-order valence-corrected chi connectivity index (χ0v) is 15.3. The number of aromatic amines is 1. The molecule has 0 aliphatic heterocycles. The van der Waals surface area contributed by atoms with E-state index in [0.29, 0.717) is 25.0 Å². The predicted molar refractivity (Wildman–Crippen MR) is 101 cm³/mol. The summed E-state index contributed by atoms with van der Waals surface area (Å²) in [7, 11) is 1.73. The fourth-order valence-electron chi connectivity index (χ4n) is 2.76. The van der Waals surface area contributed by atoms with Crippen LogP contribution in [0.25, 0.3) is 10.9 Å². The lowest BCUT2D eigenvalue weighted by atomic mass is 10.1. The van der Waals surface area contributed by atoms with Gasteiger partial charge in [-0.1, -0.05) is 19.0 Å². The predicted octanol–water partition coefficient (Wildman–Crippen LogP) is 3.33. The van der Waals surface area contributed by atoms with Crippen molar-refractivity contribution in [1.82, 2.24) is 20.8 Å². The molecule has 0 spiro atoms. The summed E-state index contributed by atoms with van der Waals surface area (Å²) in [5.74, 6) is 1.57. The number of hydrogen-bond acceptors (Lipinski definition) is 3. The number of nitrogens with one attached hydrogen (secondary N) is 3. The first kappa shape index (κ1) is 18.0. The fourth-order valence-corrected chi connectivity index (χ4v) is 2.76. The second-order valence-corrected chi connectivity index (χ2v) is 6.48. The largest absolute Gasteiger partial charge is 0.361 e. The molecule has 0 radical (unpaired) electrons. The van der Waals surface area contributed by atoms with Gasteiger partial charge in [0.2, 0.25) is 0 Å². The number of hydrogen-bond donors (Lipinski definition) is 3. The Morgan fingerprint density at radius 3 is 2.88 bits per heavy atom. The topological polar surface area (TPSA) is 78.2 Å². The first-order valence-corrected chi connectivity index (χ1v) is 8.72. The molecule has 0 saturated carbocycles. The molecule has 0 unspecified atom stereocenters. The highest BCUT2D eigenvalue weighted by Crippen LogP contribution is 2.19. The Balaban J connectivity index is 1.50. The molecule has 0 fully saturated rings. The molecule has 7 heteroatoms. The lowest BCUT2D eigenvalue weighted by molar-refractivity contribution is 0.372. The van der Waals surface area contributed by atoms with Gasteiger partial charge in [0.15, 0.2) is 11.7 Å². The van der Waals surface area contributed by atoms with Crippen LogP contribution in [0.5, 0.6) is 0 Å². The van der Waals surface area contributed by atoms with Gasteiger partial charge in [0, 0.05) is 36.8 Å². The van der Waals surface area contributed by atoms with Gasteiger partial charge in [-0.2, -0.15) is 0 Å². The third-order valence-corrected chi connectivity index (χ3v) is 4.24. The summed E-state index contributed by atoms with van der Waals surface area (Å²) < 4.78 is 18.6. The van der Waals surface area contributed by atoms with E-state index in [-0.39, 0.29) is 5.82 Å². The number of fused-ring (bicyclic) bond motifs is 1. The van der Waals surface area contributed by atoms with E-state index in [2.05, 4.69) is 39.6 Å². The quantitative estimate of drug-likeness (QED) is 0.467. The maximum Gasteiger partial charge on any atom is 0.191 e. The summed E-state index contributed by atoms with van der Waals surface area (Å²) in [4.78, 5) is 7.32. The van der Waals surface area contributed by atoms with Crippen LogP contribution in [0.3, 0.4) is 0 Å². The van der Waals surface area contributed by atoms with Crippen LogP contribution in [0.4, 0.5) is 4.39 Å². The van der Waals surface area contributed by atoms with Crippen molar-refractivity contribution in [3.05, 3.63) is 53.3 Å². The fraction of sp³-hybridized carbons (Fsp3) is 0.368. The molecular weight excluding hydrogens is 333 g/mol. The number of benzene rings is 1. The third kappa shape index (κ3) is 4.22. The van der Waals surface area contributed by atoms with E-state index < -0.39 is 0 Å². The Bertz CT molecular complexity index is 896. The van der Waals surface area contributed by atoms with Gasteiger partial charge in [-0.3, -0.25) is 4.99 Å². The van der Waals surface area contributed by atoms with Gasteiger partial charge < -0.3 is 20.1 Å². The van der Waals surface area contributed by atoms with E-state index in [1.165, 1.54) is 12.1 Å². The van der Waals surface area contributed by atoms with Crippen molar-refractivity contribution < 1.29 is 8.91 Å². The Morgan fingerprint density at radius 2 is 2.15 bits per heavy atom. The number of aliphatic imine (C=N–C) groups is 1. The molecule has 0 aliphatic carbocycles. The molecule has 6 nitrogen and oxygen atoms in total. The van der Waals surface area contributed by atoms with E-state index in [9.17, 15) is 4.39 Å². The average Bonchev–Trinajstić information content (AvgIpc) is 3.25. The van der Waals surface area contributed by atoms with Gasteiger partial charge in [0.05, 0.1) is 12.2 Å². The normalized spacial score (nSPS) is 12.1. The lowest BCUT2D eigenvalue weighted by Gasteiger charge is -2.10. The Kier molecular flexibility index (Phi) is 5.55. The number of H-pyrrole nitrogens is 1. The minimum atomic E-state index is -0.235. The van der Waals surface area contributed by atoms with Crippen LogP contribution < -0.4 is 10.6 Å². The van der Waals surface area contributed by atoms with Crippen LogP contribution >= 0.6 is 0 Å². The maximum atomic E-state index is 13.3. The molecule has 1 aromatic carbocycles. The van der Waals surface area contributed by atoms with Gasteiger partial charge in [0.1, 0.15) is 5.82 Å². The van der Waals surface area contributed by atoms with E-state index in [4.69, 9.17) is 4.52 Å². The van der Waals surface area contributed by atoms with Gasteiger partial charge in [-0.25, -0.2) is 4.39 Å². The maximum absolute atomic E-state index is 13.3. The summed E-state index contributed by atoms with van der Waals surface area (Å²) in [6, 6.07) is 6.75. The molecule has 3 aromatic rings. The van der Waals surface area contributed by atoms with Crippen LogP contribution in [-0.2, 0) is 13.0 Å². The molecule has 2 aromatic heterocycles. The molecule has 2 heterocycles. The standard InChI is InChI=1S/C19H24FN5O/c1-12(2)17-9-15(26-25-17)11-24-19(21-3)22-7-6-13-10-23-18-8-14(20)4-5-16(13)18/h4-5,8-10,12,23H,6-7,11H2,1-3H3,(H2,21,22,24). The number of nitrogens with zero attached hydrogens (tertiary/aromatic N) is 2.